The maximum absolute atomic E-state index is 12.2. The van der Waals surface area contributed by atoms with Gasteiger partial charge in [-0.25, -0.2) is 0 Å². The molecule has 1 aromatic carbocycles. The van der Waals surface area contributed by atoms with Gasteiger partial charge < -0.3 is 32.2 Å². The number of esters is 1. The third-order valence-electron chi connectivity index (χ3n) is 4.76. The summed E-state index contributed by atoms with van der Waals surface area (Å²) in [7, 11) is 0. The van der Waals surface area contributed by atoms with Crippen molar-refractivity contribution in [3.05, 3.63) is 35.9 Å². The molecule has 0 saturated heterocycles. The van der Waals surface area contributed by atoms with Gasteiger partial charge in [0.25, 0.3) is 0 Å². The number of rotatable bonds is 16. The van der Waals surface area contributed by atoms with Gasteiger partial charge in [0, 0.05) is 45.6 Å². The molecule has 1 rings (SSSR count). The summed E-state index contributed by atoms with van der Waals surface area (Å²) in [6, 6.07) is 8.80. The fraction of sp³-hybridized carbons (Fsp3) is 0.591. The highest BCUT2D eigenvalue weighted by atomic mass is 16.5. The van der Waals surface area contributed by atoms with Gasteiger partial charge in [-0.3, -0.25) is 14.4 Å². The minimum Gasteiger partial charge on any atom is -0.461 e. The largest absolute Gasteiger partial charge is 0.461 e. The standard InChI is InChI=1S/C22H37N5O4/c23-12-15-27(16-13-24)20(28)11-10-19(25)22(30)26-14-6-2-5-9-21(29)31-17-18-7-3-1-4-8-18/h1,3-4,7-8,19H,2,5-6,9-17,23-25H2,(H,26,30)/t19-/m0/s1. The molecule has 174 valence electrons. The molecule has 0 saturated carbocycles. The molecule has 0 radical (unpaired) electrons. The number of benzene rings is 1. The molecule has 0 bridgehead atoms. The first-order valence-corrected chi connectivity index (χ1v) is 10.9. The van der Waals surface area contributed by atoms with Crippen molar-refractivity contribution in [2.75, 3.05) is 32.7 Å². The summed E-state index contributed by atoms with van der Waals surface area (Å²) in [6.45, 7) is 2.37. The van der Waals surface area contributed by atoms with Gasteiger partial charge in [0.15, 0.2) is 0 Å². The number of nitrogens with one attached hydrogen (secondary N) is 1. The van der Waals surface area contributed by atoms with Gasteiger partial charge in [0.2, 0.25) is 11.8 Å². The number of amides is 2. The predicted octanol–water partition coefficient (Wildman–Crippen LogP) is 0.260. The fourth-order valence-corrected chi connectivity index (χ4v) is 2.97. The van der Waals surface area contributed by atoms with Crippen molar-refractivity contribution in [3.8, 4) is 0 Å². The normalized spacial score (nSPS) is 11.6. The molecule has 31 heavy (non-hydrogen) atoms. The van der Waals surface area contributed by atoms with Crippen molar-refractivity contribution < 1.29 is 19.1 Å². The molecule has 0 aliphatic carbocycles. The third kappa shape index (κ3) is 12.1. The fourth-order valence-electron chi connectivity index (χ4n) is 2.97. The Morgan fingerprint density at radius 3 is 2.29 bits per heavy atom. The summed E-state index contributed by atoms with van der Waals surface area (Å²) in [5.74, 6) is -0.601. The third-order valence-corrected chi connectivity index (χ3v) is 4.76. The molecule has 0 aliphatic heterocycles. The van der Waals surface area contributed by atoms with E-state index in [4.69, 9.17) is 21.9 Å². The summed E-state index contributed by atoms with van der Waals surface area (Å²) in [4.78, 5) is 37.6. The maximum atomic E-state index is 12.2. The van der Waals surface area contributed by atoms with Crippen LogP contribution >= 0.6 is 0 Å². The zero-order valence-corrected chi connectivity index (χ0v) is 18.3. The van der Waals surface area contributed by atoms with E-state index in [9.17, 15) is 14.4 Å². The van der Waals surface area contributed by atoms with Crippen LogP contribution in [0.2, 0.25) is 0 Å². The van der Waals surface area contributed by atoms with E-state index >= 15 is 0 Å². The monoisotopic (exact) mass is 435 g/mol. The van der Waals surface area contributed by atoms with E-state index in [0.717, 1.165) is 18.4 Å². The Kier molecular flexibility index (Phi) is 13.9. The van der Waals surface area contributed by atoms with Gasteiger partial charge in [-0.2, -0.15) is 0 Å². The van der Waals surface area contributed by atoms with Crippen LogP contribution in [0.1, 0.15) is 44.1 Å². The van der Waals surface area contributed by atoms with E-state index in [0.29, 0.717) is 45.6 Å². The molecule has 0 unspecified atom stereocenters. The Morgan fingerprint density at radius 2 is 1.65 bits per heavy atom. The molecule has 1 aromatic rings. The van der Waals surface area contributed by atoms with E-state index < -0.39 is 6.04 Å². The molecule has 9 nitrogen and oxygen atoms in total. The second-order valence-electron chi connectivity index (χ2n) is 7.35. The summed E-state index contributed by atoms with van der Waals surface area (Å²) < 4.78 is 5.23. The zero-order chi connectivity index (χ0) is 22.9. The lowest BCUT2D eigenvalue weighted by Gasteiger charge is -2.22. The average molecular weight is 436 g/mol. The molecule has 7 N–H and O–H groups in total. The van der Waals surface area contributed by atoms with E-state index in [1.54, 1.807) is 4.90 Å². The first-order valence-electron chi connectivity index (χ1n) is 10.9. The van der Waals surface area contributed by atoms with E-state index in [1.807, 2.05) is 30.3 Å². The second-order valence-corrected chi connectivity index (χ2v) is 7.35. The Hall–Kier alpha value is -2.49. The van der Waals surface area contributed by atoms with Crippen molar-refractivity contribution >= 4 is 17.8 Å². The van der Waals surface area contributed by atoms with Crippen molar-refractivity contribution in [1.82, 2.24) is 10.2 Å². The quantitative estimate of drug-likeness (QED) is 0.214. The molecule has 2 amide bonds. The number of carbonyl (C=O) groups excluding carboxylic acids is 3. The van der Waals surface area contributed by atoms with Gasteiger partial charge in [-0.05, 0) is 24.8 Å². The number of carbonyl (C=O) groups is 3. The molecule has 1 atom stereocenters. The number of ether oxygens (including phenoxy) is 1. The van der Waals surface area contributed by atoms with E-state index in [2.05, 4.69) is 5.32 Å². The highest BCUT2D eigenvalue weighted by Crippen LogP contribution is 2.05. The highest BCUT2D eigenvalue weighted by Gasteiger charge is 2.17. The minimum atomic E-state index is -0.741. The van der Waals surface area contributed by atoms with Crippen LogP contribution < -0.4 is 22.5 Å². The van der Waals surface area contributed by atoms with Crippen molar-refractivity contribution in [2.24, 2.45) is 17.2 Å². The first-order chi connectivity index (χ1) is 15.0. The van der Waals surface area contributed by atoms with Gasteiger partial charge >= 0.3 is 5.97 Å². The number of nitrogens with two attached hydrogens (primary N) is 3. The van der Waals surface area contributed by atoms with Crippen molar-refractivity contribution in [3.63, 3.8) is 0 Å². The lowest BCUT2D eigenvalue weighted by atomic mass is 10.1. The Bertz CT molecular complexity index is 651. The molecule has 0 fully saturated rings. The molecule has 0 spiro atoms. The van der Waals surface area contributed by atoms with Crippen LogP contribution in [-0.4, -0.2) is 61.4 Å². The van der Waals surface area contributed by atoms with Crippen LogP contribution in [0, 0.1) is 0 Å². The molecular weight excluding hydrogens is 398 g/mol. The van der Waals surface area contributed by atoms with Gasteiger partial charge in [-0.1, -0.05) is 36.8 Å². The predicted molar refractivity (Wildman–Crippen MR) is 120 cm³/mol. The van der Waals surface area contributed by atoms with Crippen LogP contribution in [0.25, 0.3) is 0 Å². The molecule has 0 aliphatic rings. The van der Waals surface area contributed by atoms with Gasteiger partial charge in [0.05, 0.1) is 6.04 Å². The molecule has 0 heterocycles. The summed E-state index contributed by atoms with van der Waals surface area (Å²) in [5, 5.41) is 2.78. The lowest BCUT2D eigenvalue weighted by molar-refractivity contribution is -0.145. The van der Waals surface area contributed by atoms with E-state index in [-0.39, 0.29) is 37.2 Å². The van der Waals surface area contributed by atoms with Crippen molar-refractivity contribution in [2.45, 2.75) is 51.2 Å². The summed E-state index contributed by atoms with van der Waals surface area (Å²) in [6.07, 6.45) is 3.03. The molecule has 0 aromatic heterocycles. The second kappa shape index (κ2) is 16.2. The number of unbranched alkanes of at least 4 members (excludes halogenated alkanes) is 2. The minimum absolute atomic E-state index is 0.0988. The van der Waals surface area contributed by atoms with Crippen LogP contribution in [0.5, 0.6) is 0 Å². The highest BCUT2D eigenvalue weighted by molar-refractivity contribution is 5.83. The first kappa shape index (κ1) is 26.5. The number of hydrogen-bond acceptors (Lipinski definition) is 7. The average Bonchev–Trinajstić information content (AvgIpc) is 2.78. The van der Waals surface area contributed by atoms with Gasteiger partial charge in [-0.15, -0.1) is 0 Å². The van der Waals surface area contributed by atoms with Crippen LogP contribution in [0.4, 0.5) is 0 Å². The topological polar surface area (TPSA) is 154 Å². The summed E-state index contributed by atoms with van der Waals surface area (Å²) >= 11 is 0. The maximum Gasteiger partial charge on any atom is 0.306 e. The van der Waals surface area contributed by atoms with Crippen LogP contribution in [0.15, 0.2) is 30.3 Å². The van der Waals surface area contributed by atoms with Crippen molar-refractivity contribution in [1.29, 1.82) is 0 Å². The van der Waals surface area contributed by atoms with Crippen LogP contribution in [0.3, 0.4) is 0 Å². The lowest BCUT2D eigenvalue weighted by Crippen LogP contribution is -2.43. The van der Waals surface area contributed by atoms with E-state index in [1.165, 1.54) is 0 Å². The SMILES string of the molecule is NCCN(CCN)C(=O)CC[C@H](N)C(=O)NCCCCCC(=O)OCc1ccccc1. The number of nitrogens with zero attached hydrogens (tertiary/aromatic N) is 1. The Balaban J connectivity index is 2.09. The Morgan fingerprint density at radius 1 is 0.968 bits per heavy atom. The smallest absolute Gasteiger partial charge is 0.306 e. The zero-order valence-electron chi connectivity index (χ0n) is 18.3. The van der Waals surface area contributed by atoms with Gasteiger partial charge in [0.1, 0.15) is 6.61 Å². The molecule has 9 heteroatoms. The van der Waals surface area contributed by atoms with Crippen LogP contribution in [-0.2, 0) is 25.7 Å². The molecular formula is C22H37N5O4. The number of hydrogen-bond donors (Lipinski definition) is 4. The summed E-state index contributed by atoms with van der Waals surface area (Å²) in [5.41, 5.74) is 17.8. The Labute approximate surface area is 184 Å².